The van der Waals surface area contributed by atoms with Crippen molar-refractivity contribution < 1.29 is 75.8 Å². The van der Waals surface area contributed by atoms with E-state index in [0.29, 0.717) is 19.3 Å². The highest BCUT2D eigenvalue weighted by molar-refractivity contribution is 7.47. The number of carbonyl (C=O) groups is 3. The second kappa shape index (κ2) is 78.2. The molecule has 0 aromatic rings. The molecule has 5 unspecified atom stereocenters. The Morgan fingerprint density at radius 1 is 0.276 bits per heavy atom. The second-order valence-corrected chi connectivity index (χ2v) is 29.0. The maximum atomic E-state index is 13.0. The first-order valence-electron chi connectivity index (χ1n) is 40.1. The van der Waals surface area contributed by atoms with E-state index in [9.17, 15) is 43.5 Å². The zero-order valence-corrected chi connectivity index (χ0v) is 66.9. The molecule has 0 aliphatic rings. The molecule has 0 amide bonds. The third-order valence-electron chi connectivity index (χ3n) is 16.1. The molecular weight excluding hydrogens is 1360 g/mol. The monoisotopic (exact) mass is 1500 g/mol. The van der Waals surface area contributed by atoms with Gasteiger partial charge in [-0.3, -0.25) is 32.5 Å². The van der Waals surface area contributed by atoms with Crippen LogP contribution in [0, 0.1) is 0 Å². The molecule has 596 valence electrons. The summed E-state index contributed by atoms with van der Waals surface area (Å²) < 4.78 is 61.2. The van der Waals surface area contributed by atoms with Crippen molar-refractivity contribution in [1.29, 1.82) is 0 Å². The maximum absolute atomic E-state index is 13.0. The van der Waals surface area contributed by atoms with E-state index in [4.69, 9.17) is 32.3 Å². The van der Waals surface area contributed by atoms with Gasteiger partial charge < -0.3 is 34.2 Å². The van der Waals surface area contributed by atoms with Gasteiger partial charge in [0.15, 0.2) is 6.10 Å². The van der Waals surface area contributed by atoms with Gasteiger partial charge in [0.2, 0.25) is 0 Å². The van der Waals surface area contributed by atoms with Gasteiger partial charge in [0.25, 0.3) is 0 Å². The molecule has 18 heteroatoms. The number of carbonyl (C=O) groups excluding carboxylic acids is 3. The van der Waals surface area contributed by atoms with Gasteiger partial charge >= 0.3 is 33.6 Å². The number of hydrogen-bond donors (Lipinski definition) is 4. The standard InChI is InChI=1S/C87H142O16P2/c1-4-7-10-13-16-19-22-25-28-31-34-37-39-40-42-45-46-49-52-55-58-61-64-67-70-73-85(90)97-76-82(88)77-99-104(93,94)100-78-83(89)79-101-105(95,96)102-81-84(103-87(92)75-72-69-66-63-60-57-54-51-48-43-36-33-30-27-24-21-18-15-12-9-6-3)80-98-86(91)74-71-68-65-62-59-56-53-50-47-44-41-38-35-32-29-26-23-20-17-14-11-8-5-2/h7,9-10,12,16-21,25-30,34-38,40,42-44,46-47,49,51,54,82-84,88-89H,4-6,8,11,13-15,22-24,31-33,39,41,45,48,50,52-53,55-81H2,1-3H3,(H,93,94)(H,95,96)/b10-7-,12-9-,19-16-,20-17-,21-18-,28-25-,29-26-,30-27-,37-34-,38-35-,42-40-,43-36-,47-44-,49-46-,54-51-. The highest BCUT2D eigenvalue weighted by Gasteiger charge is 2.29. The van der Waals surface area contributed by atoms with Crippen molar-refractivity contribution in [2.24, 2.45) is 0 Å². The summed E-state index contributed by atoms with van der Waals surface area (Å²) in [7, 11) is -9.82. The van der Waals surface area contributed by atoms with Crippen molar-refractivity contribution in [1.82, 2.24) is 0 Å². The Morgan fingerprint density at radius 3 is 0.800 bits per heavy atom. The summed E-state index contributed by atoms with van der Waals surface area (Å²) in [6, 6.07) is 0. The van der Waals surface area contributed by atoms with Gasteiger partial charge in [0, 0.05) is 19.3 Å². The Hall–Kier alpha value is -5.35. The van der Waals surface area contributed by atoms with Crippen LogP contribution in [0.2, 0.25) is 0 Å². The highest BCUT2D eigenvalue weighted by Crippen LogP contribution is 2.45. The van der Waals surface area contributed by atoms with Crippen LogP contribution in [-0.2, 0) is 55.8 Å². The summed E-state index contributed by atoms with van der Waals surface area (Å²) in [6.07, 6.45) is 101. The fourth-order valence-electron chi connectivity index (χ4n) is 10.1. The minimum Gasteiger partial charge on any atom is -0.463 e. The molecule has 0 aliphatic heterocycles. The first-order chi connectivity index (χ1) is 51.2. The lowest BCUT2D eigenvalue weighted by Gasteiger charge is -2.21. The molecule has 0 fully saturated rings. The first-order valence-corrected chi connectivity index (χ1v) is 43.1. The van der Waals surface area contributed by atoms with Crippen molar-refractivity contribution >= 4 is 33.6 Å². The van der Waals surface area contributed by atoms with Gasteiger partial charge in [0.05, 0.1) is 26.4 Å². The number of phosphoric ester groups is 2. The zero-order valence-electron chi connectivity index (χ0n) is 65.1. The van der Waals surface area contributed by atoms with E-state index >= 15 is 0 Å². The van der Waals surface area contributed by atoms with Crippen LogP contribution in [-0.4, -0.2) is 95.9 Å². The predicted molar refractivity (Wildman–Crippen MR) is 435 cm³/mol. The molecule has 0 spiro atoms. The van der Waals surface area contributed by atoms with Gasteiger partial charge in [0.1, 0.15) is 25.4 Å². The molecule has 0 saturated carbocycles. The summed E-state index contributed by atoms with van der Waals surface area (Å²) in [4.78, 5) is 58.8. The number of hydrogen-bond acceptors (Lipinski definition) is 14. The molecule has 0 bridgehead atoms. The SMILES string of the molecule is CC/C=C\C/C=C\C/C=C\C/C=C\C/C=C\C/C=C\CCCCCCCCC(=O)OCC(O)COP(=O)(O)OCC(O)COP(=O)(O)OCC(COC(=O)CCCCCCCCC/C=C\C/C=C\C/C=C\C/C=C\CCCCC)OC(=O)CCCCCCC/C=C\C/C=C\C/C=C\C/C=C\C/C=C\CC. The number of ether oxygens (including phenoxy) is 3. The lowest BCUT2D eigenvalue weighted by atomic mass is 10.1. The van der Waals surface area contributed by atoms with Crippen LogP contribution in [0.15, 0.2) is 182 Å². The van der Waals surface area contributed by atoms with E-state index < -0.39 is 91.5 Å². The lowest BCUT2D eigenvalue weighted by Crippen LogP contribution is -2.30. The third-order valence-corrected chi connectivity index (χ3v) is 18.0. The Balaban J connectivity index is 4.75. The number of esters is 3. The first kappa shape index (κ1) is 99.7. The second-order valence-electron chi connectivity index (χ2n) is 26.1. The normalized spacial score (nSPS) is 14.9. The van der Waals surface area contributed by atoms with E-state index in [0.717, 1.165) is 205 Å². The van der Waals surface area contributed by atoms with Crippen LogP contribution in [0.5, 0.6) is 0 Å². The molecule has 0 aromatic carbocycles. The molecule has 5 atom stereocenters. The van der Waals surface area contributed by atoms with E-state index in [-0.39, 0.29) is 19.3 Å². The Morgan fingerprint density at radius 2 is 0.505 bits per heavy atom. The van der Waals surface area contributed by atoms with Crippen LogP contribution < -0.4 is 0 Å². The van der Waals surface area contributed by atoms with Crippen LogP contribution in [0.25, 0.3) is 0 Å². The van der Waals surface area contributed by atoms with Crippen LogP contribution >= 0.6 is 15.6 Å². The summed E-state index contributed by atoms with van der Waals surface area (Å²) in [5, 5.41) is 20.7. The van der Waals surface area contributed by atoms with Crippen LogP contribution in [0.1, 0.15) is 290 Å². The average molecular weight is 1510 g/mol. The van der Waals surface area contributed by atoms with Crippen molar-refractivity contribution in [3.63, 3.8) is 0 Å². The Labute approximate surface area is 636 Å². The predicted octanol–water partition coefficient (Wildman–Crippen LogP) is 23.8. The fraction of sp³-hybridized carbons (Fsp3) is 0.621. The fourth-order valence-corrected chi connectivity index (χ4v) is 11.6. The van der Waals surface area contributed by atoms with Crippen molar-refractivity contribution in [3.05, 3.63) is 182 Å². The van der Waals surface area contributed by atoms with Gasteiger partial charge in [-0.05, 0) is 161 Å². The summed E-state index contributed by atoms with van der Waals surface area (Å²) in [6.45, 7) is 2.36. The van der Waals surface area contributed by atoms with Gasteiger partial charge in [-0.2, -0.15) is 0 Å². The zero-order chi connectivity index (χ0) is 76.6. The Bertz CT molecular complexity index is 2640. The summed E-state index contributed by atoms with van der Waals surface area (Å²) in [5.41, 5.74) is 0. The van der Waals surface area contributed by atoms with Crippen molar-refractivity contribution in [2.45, 2.75) is 309 Å². The molecule has 0 radical (unpaired) electrons. The van der Waals surface area contributed by atoms with Crippen LogP contribution in [0.4, 0.5) is 0 Å². The molecule has 0 aromatic heterocycles. The van der Waals surface area contributed by atoms with Crippen LogP contribution in [0.3, 0.4) is 0 Å². The minimum absolute atomic E-state index is 0.0723. The smallest absolute Gasteiger partial charge is 0.463 e. The quantitative estimate of drug-likeness (QED) is 0.0146. The minimum atomic E-state index is -4.95. The number of allylic oxidation sites excluding steroid dienone is 30. The van der Waals surface area contributed by atoms with E-state index in [1.54, 1.807) is 0 Å². The van der Waals surface area contributed by atoms with E-state index in [1.807, 2.05) is 0 Å². The maximum Gasteiger partial charge on any atom is 0.472 e. The molecule has 0 aliphatic carbocycles. The number of phosphoric acid groups is 2. The molecule has 105 heavy (non-hydrogen) atoms. The number of aliphatic hydroxyl groups is 2. The molecule has 0 heterocycles. The highest BCUT2D eigenvalue weighted by atomic mass is 31.2. The van der Waals surface area contributed by atoms with Crippen molar-refractivity contribution in [2.75, 3.05) is 39.6 Å². The van der Waals surface area contributed by atoms with Gasteiger partial charge in [-0.1, -0.05) is 293 Å². The van der Waals surface area contributed by atoms with Crippen molar-refractivity contribution in [3.8, 4) is 0 Å². The Kier molecular flexibility index (Phi) is 74.3. The van der Waals surface area contributed by atoms with E-state index in [2.05, 4.69) is 203 Å². The molecule has 16 nitrogen and oxygen atoms in total. The summed E-state index contributed by atoms with van der Waals surface area (Å²) >= 11 is 0. The molecule has 4 N–H and O–H groups in total. The molecule has 0 saturated heterocycles. The van der Waals surface area contributed by atoms with Gasteiger partial charge in [-0.25, -0.2) is 9.13 Å². The summed E-state index contributed by atoms with van der Waals surface area (Å²) in [5.74, 6) is -1.63. The number of aliphatic hydroxyl groups excluding tert-OH is 2. The molecule has 0 rings (SSSR count). The lowest BCUT2D eigenvalue weighted by molar-refractivity contribution is -0.161. The largest absolute Gasteiger partial charge is 0.472 e. The number of rotatable bonds is 74. The topological polar surface area (TPSA) is 231 Å². The number of unbranched alkanes of at least 4 members (excludes halogenated alkanes) is 21. The van der Waals surface area contributed by atoms with Gasteiger partial charge in [-0.15, -0.1) is 0 Å². The van der Waals surface area contributed by atoms with E-state index in [1.165, 1.54) is 25.7 Å². The third kappa shape index (κ3) is 79.5. The molecular formula is C87H142O16P2. The average Bonchev–Trinajstić information content (AvgIpc) is 0.963.